The SMILES string of the molecule is Cn1nc2cccc(S(=O)(=O)NCCCc3csc(N)n3)c2n1. The summed E-state index contributed by atoms with van der Waals surface area (Å²) in [6, 6.07) is 4.91. The number of rotatable bonds is 6. The minimum absolute atomic E-state index is 0.140. The van der Waals surface area contributed by atoms with Crippen molar-refractivity contribution < 1.29 is 8.42 Å². The first kappa shape index (κ1) is 15.8. The van der Waals surface area contributed by atoms with Crippen LogP contribution in [0.1, 0.15) is 12.1 Å². The highest BCUT2D eigenvalue weighted by Crippen LogP contribution is 2.19. The fourth-order valence-electron chi connectivity index (χ4n) is 2.22. The summed E-state index contributed by atoms with van der Waals surface area (Å²) in [6.07, 6.45) is 1.31. The second-order valence-corrected chi connectivity index (χ2v) is 7.62. The van der Waals surface area contributed by atoms with E-state index in [0.29, 0.717) is 35.6 Å². The number of thiazole rings is 1. The smallest absolute Gasteiger partial charge is 0.242 e. The lowest BCUT2D eigenvalue weighted by Gasteiger charge is -2.06. The van der Waals surface area contributed by atoms with E-state index in [0.717, 1.165) is 5.69 Å². The van der Waals surface area contributed by atoms with Crippen molar-refractivity contribution in [2.75, 3.05) is 12.3 Å². The van der Waals surface area contributed by atoms with Gasteiger partial charge in [-0.05, 0) is 25.0 Å². The molecule has 0 atom stereocenters. The summed E-state index contributed by atoms with van der Waals surface area (Å²) in [6.45, 7) is 0.316. The predicted octanol–water partition coefficient (Wildman–Crippen LogP) is 0.918. The molecule has 0 saturated carbocycles. The van der Waals surface area contributed by atoms with Gasteiger partial charge in [-0.25, -0.2) is 18.1 Å². The van der Waals surface area contributed by atoms with Crippen molar-refractivity contribution in [2.45, 2.75) is 17.7 Å². The molecule has 122 valence electrons. The second-order valence-electron chi connectivity index (χ2n) is 4.99. The van der Waals surface area contributed by atoms with E-state index in [4.69, 9.17) is 5.73 Å². The van der Waals surface area contributed by atoms with Gasteiger partial charge >= 0.3 is 0 Å². The summed E-state index contributed by atoms with van der Waals surface area (Å²) in [4.78, 5) is 5.64. The quantitative estimate of drug-likeness (QED) is 0.637. The average molecular weight is 352 g/mol. The molecule has 0 saturated heterocycles. The molecule has 3 N–H and O–H groups in total. The van der Waals surface area contributed by atoms with Crippen LogP contribution in [0, 0.1) is 0 Å². The van der Waals surface area contributed by atoms with E-state index >= 15 is 0 Å². The summed E-state index contributed by atoms with van der Waals surface area (Å²) in [5.74, 6) is 0. The summed E-state index contributed by atoms with van der Waals surface area (Å²) in [5.41, 5.74) is 7.36. The van der Waals surface area contributed by atoms with Gasteiger partial charge < -0.3 is 5.73 Å². The molecule has 2 heterocycles. The fourth-order valence-corrected chi connectivity index (χ4v) is 4.05. The maximum Gasteiger partial charge on any atom is 0.242 e. The highest BCUT2D eigenvalue weighted by molar-refractivity contribution is 7.89. The Labute approximate surface area is 137 Å². The maximum atomic E-state index is 12.4. The maximum absolute atomic E-state index is 12.4. The number of aromatic nitrogens is 4. The number of nitrogens with zero attached hydrogens (tertiary/aromatic N) is 4. The number of fused-ring (bicyclic) bond motifs is 1. The molecule has 10 heteroatoms. The van der Waals surface area contributed by atoms with Crippen molar-refractivity contribution in [2.24, 2.45) is 7.05 Å². The number of aryl methyl sites for hydroxylation is 2. The number of nitrogen functional groups attached to an aromatic ring is 1. The lowest BCUT2D eigenvalue weighted by molar-refractivity contribution is 0.579. The monoisotopic (exact) mass is 352 g/mol. The summed E-state index contributed by atoms with van der Waals surface area (Å²) in [7, 11) is -1.97. The van der Waals surface area contributed by atoms with Crippen molar-refractivity contribution in [3.05, 3.63) is 29.3 Å². The molecule has 3 aromatic rings. The van der Waals surface area contributed by atoms with Crippen LogP contribution < -0.4 is 10.5 Å². The molecule has 0 aliphatic rings. The van der Waals surface area contributed by atoms with Crippen molar-refractivity contribution in [1.82, 2.24) is 24.7 Å². The van der Waals surface area contributed by atoms with Crippen LogP contribution in [0.15, 0.2) is 28.5 Å². The third kappa shape index (κ3) is 3.49. The van der Waals surface area contributed by atoms with Gasteiger partial charge in [-0.15, -0.1) is 11.3 Å². The summed E-state index contributed by atoms with van der Waals surface area (Å²) >= 11 is 1.38. The Morgan fingerprint density at radius 2 is 2.17 bits per heavy atom. The molecule has 0 unspecified atom stereocenters. The lowest BCUT2D eigenvalue weighted by Crippen LogP contribution is -2.25. The first-order chi connectivity index (χ1) is 11.0. The molecular formula is C13H16N6O2S2. The molecule has 0 aliphatic carbocycles. The Bertz CT molecular complexity index is 931. The summed E-state index contributed by atoms with van der Waals surface area (Å²) < 4.78 is 27.5. The molecule has 1 aromatic carbocycles. The van der Waals surface area contributed by atoms with Gasteiger partial charge in [0.2, 0.25) is 10.0 Å². The third-order valence-electron chi connectivity index (χ3n) is 3.24. The number of benzene rings is 1. The van der Waals surface area contributed by atoms with E-state index in [2.05, 4.69) is 19.9 Å². The van der Waals surface area contributed by atoms with Gasteiger partial charge in [-0.2, -0.15) is 15.0 Å². The average Bonchev–Trinajstić information content (AvgIpc) is 3.07. The lowest BCUT2D eigenvalue weighted by atomic mass is 10.2. The number of anilines is 1. The predicted molar refractivity (Wildman–Crippen MR) is 88.5 cm³/mol. The minimum Gasteiger partial charge on any atom is -0.375 e. The molecule has 0 aliphatic heterocycles. The zero-order valence-electron chi connectivity index (χ0n) is 12.4. The van der Waals surface area contributed by atoms with E-state index in [1.165, 1.54) is 22.2 Å². The van der Waals surface area contributed by atoms with Crippen molar-refractivity contribution in [1.29, 1.82) is 0 Å². The van der Waals surface area contributed by atoms with Crippen LogP contribution in [0.4, 0.5) is 5.13 Å². The number of hydrogen-bond donors (Lipinski definition) is 2. The van der Waals surface area contributed by atoms with Crippen LogP contribution in [0.5, 0.6) is 0 Å². The number of sulfonamides is 1. The minimum atomic E-state index is -3.63. The number of hydrogen-bond acceptors (Lipinski definition) is 7. The van der Waals surface area contributed by atoms with Gasteiger partial charge in [0.15, 0.2) is 5.13 Å². The Balaban J connectivity index is 1.68. The summed E-state index contributed by atoms with van der Waals surface area (Å²) in [5, 5.41) is 10.6. The Morgan fingerprint density at radius 3 is 2.91 bits per heavy atom. The van der Waals surface area contributed by atoms with Crippen LogP contribution in [-0.4, -0.2) is 34.9 Å². The Hall–Kier alpha value is -2.04. The molecule has 0 radical (unpaired) electrons. The number of nitrogens with two attached hydrogens (primary N) is 1. The van der Waals surface area contributed by atoms with Gasteiger partial charge in [-0.1, -0.05) is 6.07 Å². The Morgan fingerprint density at radius 1 is 1.35 bits per heavy atom. The highest BCUT2D eigenvalue weighted by atomic mass is 32.2. The van der Waals surface area contributed by atoms with E-state index in [1.54, 1.807) is 19.2 Å². The van der Waals surface area contributed by atoms with E-state index in [9.17, 15) is 8.42 Å². The molecule has 0 amide bonds. The molecule has 0 fully saturated rings. The van der Waals surface area contributed by atoms with Crippen LogP contribution in [0.2, 0.25) is 0 Å². The highest BCUT2D eigenvalue weighted by Gasteiger charge is 2.19. The molecule has 23 heavy (non-hydrogen) atoms. The molecule has 0 spiro atoms. The van der Waals surface area contributed by atoms with Crippen molar-refractivity contribution in [3.63, 3.8) is 0 Å². The van der Waals surface area contributed by atoms with E-state index < -0.39 is 10.0 Å². The van der Waals surface area contributed by atoms with Crippen LogP contribution in [-0.2, 0) is 23.5 Å². The standard InChI is InChI=1S/C13H16N6O2S2/c1-19-17-10-5-2-6-11(12(10)18-19)23(20,21)15-7-3-4-9-8-22-13(14)16-9/h2,5-6,8,15H,3-4,7H2,1H3,(H2,14,16). The second kappa shape index (κ2) is 6.22. The van der Waals surface area contributed by atoms with Gasteiger partial charge in [-0.3, -0.25) is 0 Å². The fraction of sp³-hybridized carbons (Fsp3) is 0.308. The van der Waals surface area contributed by atoms with Crippen molar-refractivity contribution >= 4 is 37.5 Å². The normalized spacial score (nSPS) is 12.0. The van der Waals surface area contributed by atoms with Gasteiger partial charge in [0.25, 0.3) is 0 Å². The van der Waals surface area contributed by atoms with Crippen LogP contribution in [0.3, 0.4) is 0 Å². The van der Waals surface area contributed by atoms with Gasteiger partial charge in [0.05, 0.1) is 5.69 Å². The largest absolute Gasteiger partial charge is 0.375 e. The van der Waals surface area contributed by atoms with Crippen molar-refractivity contribution in [3.8, 4) is 0 Å². The zero-order valence-corrected chi connectivity index (χ0v) is 14.1. The van der Waals surface area contributed by atoms with E-state index in [1.807, 2.05) is 5.38 Å². The first-order valence-corrected chi connectivity index (χ1v) is 9.31. The molecule has 3 rings (SSSR count). The van der Waals surface area contributed by atoms with Crippen LogP contribution >= 0.6 is 11.3 Å². The molecule has 2 aromatic heterocycles. The van der Waals surface area contributed by atoms with Gasteiger partial charge in [0.1, 0.15) is 15.9 Å². The first-order valence-electron chi connectivity index (χ1n) is 6.95. The molecule has 0 bridgehead atoms. The molecular weight excluding hydrogens is 336 g/mol. The third-order valence-corrected chi connectivity index (χ3v) is 5.45. The number of nitrogens with one attached hydrogen (secondary N) is 1. The van der Waals surface area contributed by atoms with Crippen LogP contribution in [0.25, 0.3) is 11.0 Å². The van der Waals surface area contributed by atoms with E-state index in [-0.39, 0.29) is 4.90 Å². The molecule has 8 nitrogen and oxygen atoms in total. The zero-order chi connectivity index (χ0) is 16.4. The Kier molecular flexibility index (Phi) is 4.28. The van der Waals surface area contributed by atoms with Gasteiger partial charge in [0, 0.05) is 19.0 Å². The topological polar surface area (TPSA) is 116 Å².